The third kappa shape index (κ3) is 6.71. The summed E-state index contributed by atoms with van der Waals surface area (Å²) in [5, 5.41) is -0.360. The Morgan fingerprint density at radius 3 is 2.56 bits per heavy atom. The molecule has 0 bridgehead atoms. The predicted octanol–water partition coefficient (Wildman–Crippen LogP) is 2.97. The minimum absolute atomic E-state index is 0.00838. The molecule has 1 aliphatic rings. The van der Waals surface area contributed by atoms with Crippen LogP contribution in [0.4, 0.5) is 13.2 Å². The first kappa shape index (κ1) is 30.9. The molecule has 4 rings (SSSR count). The van der Waals surface area contributed by atoms with Gasteiger partial charge in [-0.2, -0.15) is 4.99 Å². The van der Waals surface area contributed by atoms with E-state index < -0.39 is 56.3 Å². The predicted molar refractivity (Wildman–Crippen MR) is 141 cm³/mol. The monoisotopic (exact) mass is 640 g/mol. The second kappa shape index (κ2) is 11.3. The normalized spacial score (nSPS) is 17.1. The van der Waals surface area contributed by atoms with Gasteiger partial charge < -0.3 is 23.8 Å². The van der Waals surface area contributed by atoms with Gasteiger partial charge in [-0.1, -0.05) is 29.4 Å². The SMILES string of the molecule is Cc1oc2c(c1CC(=O)/N=C1\SCC(c3ccc(OC(F)(F)F)c(Cl)c3)N1COP(=O)(O)O)c(=O)n(C)c(=O)n2C. The molecule has 1 atom stereocenters. The van der Waals surface area contributed by atoms with Crippen molar-refractivity contribution in [2.75, 3.05) is 12.5 Å². The van der Waals surface area contributed by atoms with Gasteiger partial charge in [0.2, 0.25) is 5.71 Å². The minimum Gasteiger partial charge on any atom is -0.444 e. The first-order chi connectivity index (χ1) is 19.0. The fraction of sp³-hybridized carbons (Fsp3) is 0.364. The van der Waals surface area contributed by atoms with Gasteiger partial charge in [0.1, 0.15) is 23.6 Å². The molecular formula is C22H21ClF3N4O9PS. The Balaban J connectivity index is 1.66. The van der Waals surface area contributed by atoms with E-state index in [-0.39, 0.29) is 38.4 Å². The lowest BCUT2D eigenvalue weighted by Gasteiger charge is -2.26. The number of ether oxygens (including phenoxy) is 1. The molecule has 0 saturated carbocycles. The second-order valence-electron chi connectivity index (χ2n) is 8.77. The number of alkyl halides is 3. The van der Waals surface area contributed by atoms with Crippen LogP contribution < -0.4 is 16.0 Å². The molecule has 222 valence electrons. The molecule has 19 heteroatoms. The summed E-state index contributed by atoms with van der Waals surface area (Å²) in [4.78, 5) is 61.8. The van der Waals surface area contributed by atoms with E-state index in [1.54, 1.807) is 0 Å². The summed E-state index contributed by atoms with van der Waals surface area (Å²) in [5.41, 5.74) is -0.785. The molecule has 2 aromatic heterocycles. The molecule has 1 aromatic carbocycles. The highest BCUT2D eigenvalue weighted by Gasteiger charge is 2.36. The van der Waals surface area contributed by atoms with Crippen molar-refractivity contribution in [3.8, 4) is 5.75 Å². The van der Waals surface area contributed by atoms with Crippen LogP contribution in [0.15, 0.2) is 37.2 Å². The Morgan fingerprint density at radius 2 is 1.95 bits per heavy atom. The lowest BCUT2D eigenvalue weighted by molar-refractivity contribution is -0.274. The van der Waals surface area contributed by atoms with Gasteiger partial charge in [0.25, 0.3) is 11.5 Å². The number of rotatable bonds is 7. The van der Waals surface area contributed by atoms with E-state index in [1.807, 2.05) is 0 Å². The molecule has 2 N–H and O–H groups in total. The zero-order chi connectivity index (χ0) is 30.4. The van der Waals surface area contributed by atoms with Crippen LogP contribution in [-0.4, -0.2) is 53.7 Å². The average Bonchev–Trinajstić information content (AvgIpc) is 3.40. The molecule has 1 aliphatic heterocycles. The number of carbonyl (C=O) groups is 1. The zero-order valence-corrected chi connectivity index (χ0v) is 23.8. The maximum absolute atomic E-state index is 13.0. The van der Waals surface area contributed by atoms with Gasteiger partial charge in [0.15, 0.2) is 5.17 Å². The second-order valence-corrected chi connectivity index (χ2v) is 11.4. The highest BCUT2D eigenvalue weighted by molar-refractivity contribution is 8.14. The number of hydrogen-bond acceptors (Lipinski definition) is 8. The van der Waals surface area contributed by atoms with E-state index in [1.165, 1.54) is 38.1 Å². The number of phosphoric ester groups is 1. The van der Waals surface area contributed by atoms with Gasteiger partial charge in [0.05, 0.1) is 17.5 Å². The summed E-state index contributed by atoms with van der Waals surface area (Å²) < 4.78 is 65.3. The Labute approximate surface area is 237 Å². The van der Waals surface area contributed by atoms with Crippen molar-refractivity contribution >= 4 is 53.4 Å². The van der Waals surface area contributed by atoms with Crippen molar-refractivity contribution < 1.29 is 46.0 Å². The van der Waals surface area contributed by atoms with Gasteiger partial charge >= 0.3 is 19.9 Å². The van der Waals surface area contributed by atoms with Crippen LogP contribution in [0.1, 0.15) is 22.9 Å². The van der Waals surface area contributed by atoms with Crippen molar-refractivity contribution in [1.82, 2.24) is 14.0 Å². The Morgan fingerprint density at radius 1 is 1.27 bits per heavy atom. The van der Waals surface area contributed by atoms with Crippen LogP contribution in [0, 0.1) is 6.92 Å². The van der Waals surface area contributed by atoms with E-state index >= 15 is 0 Å². The number of aryl methyl sites for hydroxylation is 2. The number of furan rings is 1. The molecule has 41 heavy (non-hydrogen) atoms. The van der Waals surface area contributed by atoms with Crippen LogP contribution in [-0.2, 0) is 34.4 Å². The molecule has 0 spiro atoms. The maximum Gasteiger partial charge on any atom is 0.573 e. The number of thioether (sulfide) groups is 1. The first-order valence-electron chi connectivity index (χ1n) is 11.4. The summed E-state index contributed by atoms with van der Waals surface area (Å²) in [5.74, 6) is -1.05. The highest BCUT2D eigenvalue weighted by atomic mass is 35.5. The lowest BCUT2D eigenvalue weighted by Crippen LogP contribution is -2.36. The van der Waals surface area contributed by atoms with Crippen molar-refractivity contribution in [2.24, 2.45) is 19.1 Å². The summed E-state index contributed by atoms with van der Waals surface area (Å²) in [7, 11) is -2.29. The number of benzene rings is 1. The highest BCUT2D eigenvalue weighted by Crippen LogP contribution is 2.42. The molecule has 0 aliphatic carbocycles. The Kier molecular flexibility index (Phi) is 8.51. The minimum atomic E-state index is -4.98. The number of fused-ring (bicyclic) bond motifs is 1. The van der Waals surface area contributed by atoms with Gasteiger partial charge in [-0.15, -0.1) is 13.2 Å². The van der Waals surface area contributed by atoms with E-state index in [0.717, 1.165) is 27.0 Å². The molecule has 3 aromatic rings. The number of hydrogen-bond donors (Lipinski definition) is 2. The first-order valence-corrected chi connectivity index (χ1v) is 14.3. The Bertz CT molecular complexity index is 1730. The largest absolute Gasteiger partial charge is 0.573 e. The van der Waals surface area contributed by atoms with E-state index in [0.29, 0.717) is 5.56 Å². The van der Waals surface area contributed by atoms with Gasteiger partial charge in [-0.3, -0.25) is 23.2 Å². The van der Waals surface area contributed by atoms with E-state index in [4.69, 9.17) is 16.0 Å². The number of aliphatic imine (C=N–C) groups is 1. The fourth-order valence-electron chi connectivity index (χ4n) is 4.14. The van der Waals surface area contributed by atoms with E-state index in [2.05, 4.69) is 14.3 Å². The van der Waals surface area contributed by atoms with Gasteiger partial charge in [-0.05, 0) is 24.6 Å². The summed E-state index contributed by atoms with van der Waals surface area (Å²) in [6, 6.07) is 2.67. The van der Waals surface area contributed by atoms with Crippen LogP contribution in [0.25, 0.3) is 11.1 Å². The topological polar surface area (TPSA) is 166 Å². The standard InChI is InChI=1S/C22H21ClF3N4O9PS/c1-10-12(17-18(32)28(2)21(33)29(3)19(17)38-10)7-16(31)27-20-30(9-37-40(34,35)36)14(8-41-20)11-4-5-15(13(23)6-11)39-22(24,25)26/h4-6,14H,7-9H2,1-3H3,(H2,34,35,36)/b27-20-. The number of aromatic nitrogens is 2. The van der Waals surface area contributed by atoms with Crippen molar-refractivity contribution in [1.29, 1.82) is 0 Å². The molecular weight excluding hydrogens is 620 g/mol. The van der Waals surface area contributed by atoms with Crippen molar-refractivity contribution in [3.63, 3.8) is 0 Å². The lowest BCUT2D eigenvalue weighted by atomic mass is 10.1. The Hall–Kier alpha value is -3.08. The number of amides is 1. The van der Waals surface area contributed by atoms with Crippen LogP contribution >= 0.6 is 31.2 Å². The zero-order valence-electron chi connectivity index (χ0n) is 21.3. The molecule has 1 saturated heterocycles. The van der Waals surface area contributed by atoms with Gasteiger partial charge in [0, 0.05) is 25.4 Å². The quantitative estimate of drug-likeness (QED) is 0.365. The smallest absolute Gasteiger partial charge is 0.444 e. The number of phosphoric acid groups is 1. The van der Waals surface area contributed by atoms with Crippen LogP contribution in [0.3, 0.4) is 0 Å². The molecule has 1 amide bonds. The van der Waals surface area contributed by atoms with E-state index in [9.17, 15) is 41.9 Å². The summed E-state index contributed by atoms with van der Waals surface area (Å²) in [6.45, 7) is 0.777. The fourth-order valence-corrected chi connectivity index (χ4v) is 5.84. The number of amidine groups is 1. The van der Waals surface area contributed by atoms with Crippen molar-refractivity contribution in [3.05, 3.63) is 60.9 Å². The van der Waals surface area contributed by atoms with Crippen LogP contribution in [0.5, 0.6) is 5.75 Å². The number of halogens is 4. The summed E-state index contributed by atoms with van der Waals surface area (Å²) in [6.07, 6.45) is -5.39. The average molecular weight is 641 g/mol. The molecule has 3 heterocycles. The number of nitrogens with zero attached hydrogens (tertiary/aromatic N) is 4. The molecule has 0 radical (unpaired) electrons. The van der Waals surface area contributed by atoms with Gasteiger partial charge in [-0.25, -0.2) is 9.36 Å². The number of carbonyl (C=O) groups excluding carboxylic acids is 1. The summed E-state index contributed by atoms with van der Waals surface area (Å²) >= 11 is 6.99. The molecule has 1 unspecified atom stereocenters. The third-order valence-corrected chi connectivity index (χ3v) is 7.87. The molecule has 13 nitrogen and oxygen atoms in total. The third-order valence-electron chi connectivity index (χ3n) is 6.06. The maximum atomic E-state index is 13.0. The molecule has 1 fully saturated rings. The van der Waals surface area contributed by atoms with Crippen molar-refractivity contribution in [2.45, 2.75) is 25.7 Å². The van der Waals surface area contributed by atoms with Crippen LogP contribution in [0.2, 0.25) is 5.02 Å².